The number of halogens is 1. The van der Waals surface area contributed by atoms with E-state index in [1.165, 1.54) is 6.92 Å². The van der Waals surface area contributed by atoms with E-state index in [0.29, 0.717) is 6.54 Å². The molecule has 0 aromatic carbocycles. The Kier molecular flexibility index (Phi) is 4.24. The van der Waals surface area contributed by atoms with E-state index in [1.807, 2.05) is 0 Å². The largest absolute Gasteiger partial charge is 0.374 e. The number of nitrogens with zero attached hydrogens (tertiary/aromatic N) is 1. The summed E-state index contributed by atoms with van der Waals surface area (Å²) in [5.41, 5.74) is 0. The number of hydrogen-bond donors (Lipinski definition) is 1. The number of hydrogen-bond acceptors (Lipinski definition) is 3. The molecule has 1 saturated heterocycles. The summed E-state index contributed by atoms with van der Waals surface area (Å²) in [5, 5.41) is 2.74. The molecule has 0 bridgehead atoms. The smallest absolute Gasteiger partial charge is 0.216 e. The molecule has 1 aliphatic rings. The first kappa shape index (κ1) is 10.2. The lowest BCUT2D eigenvalue weighted by Crippen LogP contribution is -2.43. The van der Waals surface area contributed by atoms with E-state index in [0.717, 1.165) is 19.7 Å². The molecule has 0 aromatic heterocycles. The Bertz CT molecular complexity index is 165. The highest BCUT2D eigenvalue weighted by Gasteiger charge is 2.18. The lowest BCUT2D eigenvalue weighted by atomic mass is 10.3. The molecule has 1 heterocycles. The Labute approximate surface area is 86.1 Å². The molecule has 1 amide bonds. The van der Waals surface area contributed by atoms with Gasteiger partial charge >= 0.3 is 0 Å². The van der Waals surface area contributed by atoms with Gasteiger partial charge in [-0.05, 0) is 0 Å². The average Bonchev–Trinajstić information content (AvgIpc) is 2.01. The molecule has 0 saturated carbocycles. The Morgan fingerprint density at radius 3 is 3.17 bits per heavy atom. The van der Waals surface area contributed by atoms with Crippen LogP contribution in [-0.2, 0) is 9.53 Å². The van der Waals surface area contributed by atoms with Crippen LogP contribution >= 0.6 is 22.9 Å². The van der Waals surface area contributed by atoms with Crippen molar-refractivity contribution in [1.29, 1.82) is 0 Å². The second kappa shape index (κ2) is 4.98. The van der Waals surface area contributed by atoms with Crippen molar-refractivity contribution in [3.63, 3.8) is 0 Å². The van der Waals surface area contributed by atoms with Gasteiger partial charge in [0.05, 0.1) is 12.7 Å². The molecule has 1 fully saturated rings. The first-order valence-corrected chi connectivity index (χ1v) is 4.91. The summed E-state index contributed by atoms with van der Waals surface area (Å²) < 4.78 is 7.61. The van der Waals surface area contributed by atoms with Gasteiger partial charge in [0.2, 0.25) is 5.91 Å². The highest BCUT2D eigenvalue weighted by Crippen LogP contribution is 2.08. The average molecular weight is 284 g/mol. The Balaban J connectivity index is 2.18. The van der Waals surface area contributed by atoms with Gasteiger partial charge in [0.25, 0.3) is 0 Å². The zero-order valence-corrected chi connectivity index (χ0v) is 9.20. The number of rotatable bonds is 2. The van der Waals surface area contributed by atoms with Crippen molar-refractivity contribution in [2.75, 3.05) is 26.2 Å². The predicted molar refractivity (Wildman–Crippen MR) is 54.0 cm³/mol. The van der Waals surface area contributed by atoms with Gasteiger partial charge < -0.3 is 10.1 Å². The monoisotopic (exact) mass is 284 g/mol. The summed E-state index contributed by atoms with van der Waals surface area (Å²) in [6.45, 7) is 4.75. The van der Waals surface area contributed by atoms with Crippen LogP contribution in [0.5, 0.6) is 0 Å². The van der Waals surface area contributed by atoms with E-state index in [1.54, 1.807) is 0 Å². The van der Waals surface area contributed by atoms with Crippen LogP contribution in [0.2, 0.25) is 0 Å². The van der Waals surface area contributed by atoms with E-state index in [-0.39, 0.29) is 12.0 Å². The van der Waals surface area contributed by atoms with Crippen molar-refractivity contribution in [2.24, 2.45) is 0 Å². The molecule has 1 aliphatic heterocycles. The molecule has 0 aliphatic carbocycles. The Morgan fingerprint density at radius 2 is 2.58 bits per heavy atom. The first-order valence-electron chi connectivity index (χ1n) is 3.95. The van der Waals surface area contributed by atoms with E-state index < -0.39 is 0 Å². The lowest BCUT2D eigenvalue weighted by Gasteiger charge is -2.28. The summed E-state index contributed by atoms with van der Waals surface area (Å²) in [7, 11) is 0. The second-order valence-electron chi connectivity index (χ2n) is 2.80. The molecule has 0 radical (unpaired) electrons. The Morgan fingerprint density at radius 1 is 1.83 bits per heavy atom. The standard InChI is InChI=1S/C7H13IN2O2/c1-6(11)9-4-7-5-10(8)2-3-12-7/h7H,2-5H2,1H3,(H,9,11). The summed E-state index contributed by atoms with van der Waals surface area (Å²) >= 11 is 2.27. The van der Waals surface area contributed by atoms with Gasteiger partial charge in [-0.25, -0.2) is 3.11 Å². The zero-order chi connectivity index (χ0) is 8.97. The third-order valence-electron chi connectivity index (χ3n) is 1.67. The molecule has 1 unspecified atom stereocenters. The molecule has 1 N–H and O–H groups in total. The summed E-state index contributed by atoms with van der Waals surface area (Å²) in [5.74, 6) is 0.00387. The Hall–Kier alpha value is 0.120. The van der Waals surface area contributed by atoms with Crippen LogP contribution in [-0.4, -0.2) is 41.4 Å². The van der Waals surface area contributed by atoms with Gasteiger partial charge in [0, 0.05) is 49.4 Å². The van der Waals surface area contributed by atoms with Crippen LogP contribution in [0.15, 0.2) is 0 Å². The van der Waals surface area contributed by atoms with Crippen LogP contribution in [0.3, 0.4) is 0 Å². The fraction of sp³-hybridized carbons (Fsp3) is 0.857. The maximum Gasteiger partial charge on any atom is 0.216 e. The van der Waals surface area contributed by atoms with Gasteiger partial charge in [-0.3, -0.25) is 4.79 Å². The van der Waals surface area contributed by atoms with Gasteiger partial charge in [0.15, 0.2) is 0 Å². The second-order valence-corrected chi connectivity index (χ2v) is 4.16. The molecule has 5 heteroatoms. The van der Waals surface area contributed by atoms with E-state index in [4.69, 9.17) is 4.74 Å². The fourth-order valence-electron chi connectivity index (χ4n) is 1.06. The highest BCUT2D eigenvalue weighted by molar-refractivity contribution is 14.1. The van der Waals surface area contributed by atoms with Crippen molar-refractivity contribution >= 4 is 28.8 Å². The molecule has 12 heavy (non-hydrogen) atoms. The van der Waals surface area contributed by atoms with E-state index in [9.17, 15) is 4.79 Å². The minimum Gasteiger partial charge on any atom is -0.374 e. The quantitative estimate of drug-likeness (QED) is 0.581. The minimum absolute atomic E-state index is 0.00387. The summed E-state index contributed by atoms with van der Waals surface area (Å²) in [4.78, 5) is 10.6. The normalized spacial score (nSPS) is 25.3. The number of morpholine rings is 1. The van der Waals surface area contributed by atoms with Crippen LogP contribution in [0.25, 0.3) is 0 Å². The maximum absolute atomic E-state index is 10.6. The first-order chi connectivity index (χ1) is 5.68. The van der Waals surface area contributed by atoms with Crippen molar-refractivity contribution in [2.45, 2.75) is 13.0 Å². The van der Waals surface area contributed by atoms with Crippen molar-refractivity contribution < 1.29 is 9.53 Å². The minimum atomic E-state index is 0.00387. The van der Waals surface area contributed by atoms with Gasteiger partial charge in [-0.1, -0.05) is 0 Å². The van der Waals surface area contributed by atoms with Crippen molar-refractivity contribution in [3.05, 3.63) is 0 Å². The predicted octanol–water partition coefficient (Wildman–Crippen LogP) is 0.173. The van der Waals surface area contributed by atoms with E-state index >= 15 is 0 Å². The molecule has 0 spiro atoms. The third kappa shape index (κ3) is 3.68. The molecular weight excluding hydrogens is 271 g/mol. The molecule has 1 atom stereocenters. The van der Waals surface area contributed by atoms with E-state index in [2.05, 4.69) is 31.3 Å². The maximum atomic E-state index is 10.6. The number of amides is 1. The third-order valence-corrected chi connectivity index (χ3v) is 2.54. The lowest BCUT2D eigenvalue weighted by molar-refractivity contribution is -0.119. The molecule has 0 aromatic rings. The number of ether oxygens (including phenoxy) is 1. The summed E-state index contributed by atoms with van der Waals surface area (Å²) in [6, 6.07) is 0. The van der Waals surface area contributed by atoms with Crippen LogP contribution in [0, 0.1) is 0 Å². The summed E-state index contributed by atoms with van der Waals surface area (Å²) in [6.07, 6.45) is 0.152. The SMILES string of the molecule is CC(=O)NCC1CN(I)CCO1. The highest BCUT2D eigenvalue weighted by atomic mass is 127. The van der Waals surface area contributed by atoms with Crippen molar-refractivity contribution in [3.8, 4) is 0 Å². The molecule has 4 nitrogen and oxygen atoms in total. The van der Waals surface area contributed by atoms with Crippen LogP contribution in [0.1, 0.15) is 6.92 Å². The molecule has 1 rings (SSSR count). The zero-order valence-electron chi connectivity index (χ0n) is 7.05. The van der Waals surface area contributed by atoms with Crippen LogP contribution in [0.4, 0.5) is 0 Å². The molecule has 70 valence electrons. The number of carbonyl (C=O) groups is 1. The molecular formula is C7H13IN2O2. The van der Waals surface area contributed by atoms with Crippen molar-refractivity contribution in [1.82, 2.24) is 8.43 Å². The van der Waals surface area contributed by atoms with Gasteiger partial charge in [-0.15, -0.1) is 0 Å². The topological polar surface area (TPSA) is 41.6 Å². The number of carbonyl (C=O) groups excluding carboxylic acids is 1. The van der Waals surface area contributed by atoms with Crippen LogP contribution < -0.4 is 5.32 Å². The number of nitrogens with one attached hydrogen (secondary N) is 1. The fourth-order valence-corrected chi connectivity index (χ4v) is 1.70. The van der Waals surface area contributed by atoms with Gasteiger partial charge in [-0.2, -0.15) is 0 Å². The van der Waals surface area contributed by atoms with Gasteiger partial charge in [0.1, 0.15) is 0 Å².